The van der Waals surface area contributed by atoms with E-state index < -0.39 is 34.9 Å². The van der Waals surface area contributed by atoms with Crippen LogP contribution in [0.25, 0.3) is 0 Å². The minimum Gasteiger partial charge on any atom is -0.477 e. The third-order valence-electron chi connectivity index (χ3n) is 4.96. The highest BCUT2D eigenvalue weighted by Gasteiger charge is 2.54. The number of hydrogen-bond donors (Lipinski definition) is 6. The van der Waals surface area contributed by atoms with Crippen molar-refractivity contribution in [2.24, 2.45) is 10.9 Å². The number of carbonyl (C=O) groups is 3. The molecule has 0 radical (unpaired) electrons. The van der Waals surface area contributed by atoms with Gasteiger partial charge in [-0.15, -0.1) is 11.8 Å². The van der Waals surface area contributed by atoms with E-state index in [-0.39, 0.29) is 26.6 Å². The molecule has 2 aliphatic rings. The number of anilines is 2. The number of amides is 2. The van der Waals surface area contributed by atoms with Crippen molar-refractivity contribution in [3.8, 4) is 0 Å². The molecule has 2 aromatic rings. The lowest BCUT2D eigenvalue weighted by molar-refractivity contribution is -0.150. The Morgan fingerprint density at radius 3 is 2.62 bits per heavy atom. The van der Waals surface area contributed by atoms with Crippen molar-refractivity contribution in [3.05, 3.63) is 26.3 Å². The van der Waals surface area contributed by atoms with Crippen LogP contribution >= 0.6 is 69.6 Å². The molecular formula is C18H19ClN8O5S5. The van der Waals surface area contributed by atoms with Gasteiger partial charge in [-0.25, -0.2) is 14.8 Å². The molecule has 9 N–H and O–H groups in total. The lowest BCUT2D eigenvalue weighted by atomic mass is 10.0. The minimum atomic E-state index is -1.27. The number of aliphatic carboxylic acids is 1. The third kappa shape index (κ3) is 5.64. The SMILES string of the molecule is NCCSCc1nc(N)sc1SC1=C(C(=O)O)N2C(=O)[C@@H](NC(=O)/C(=N\O)c3nc(N)sc3Cl)[C@H]2SC1. The summed E-state index contributed by atoms with van der Waals surface area (Å²) in [5.74, 6) is -1.22. The first kappa shape index (κ1) is 27.8. The molecule has 0 aliphatic carbocycles. The smallest absolute Gasteiger partial charge is 0.353 e. The monoisotopic (exact) mass is 622 g/mol. The summed E-state index contributed by atoms with van der Waals surface area (Å²) in [4.78, 5) is 47.8. The van der Waals surface area contributed by atoms with Gasteiger partial charge in [-0.1, -0.05) is 51.2 Å². The Morgan fingerprint density at radius 1 is 1.27 bits per heavy atom. The van der Waals surface area contributed by atoms with Crippen LogP contribution < -0.4 is 22.5 Å². The van der Waals surface area contributed by atoms with Gasteiger partial charge in [0.2, 0.25) is 0 Å². The van der Waals surface area contributed by atoms with E-state index in [1.54, 1.807) is 11.8 Å². The molecule has 19 heteroatoms. The molecule has 198 valence electrons. The predicted molar refractivity (Wildman–Crippen MR) is 147 cm³/mol. The number of nitrogens with zero attached hydrogens (tertiary/aromatic N) is 4. The summed E-state index contributed by atoms with van der Waals surface area (Å²) < 4.78 is 0.784. The number of rotatable bonds is 10. The van der Waals surface area contributed by atoms with Crippen molar-refractivity contribution in [2.75, 3.05) is 29.5 Å². The van der Waals surface area contributed by atoms with E-state index in [0.29, 0.717) is 22.3 Å². The maximum absolute atomic E-state index is 13.0. The van der Waals surface area contributed by atoms with E-state index in [9.17, 15) is 24.7 Å². The largest absolute Gasteiger partial charge is 0.477 e. The van der Waals surface area contributed by atoms with Crippen molar-refractivity contribution in [1.29, 1.82) is 0 Å². The molecule has 0 bridgehead atoms. The van der Waals surface area contributed by atoms with Crippen LogP contribution in [0.15, 0.2) is 20.0 Å². The van der Waals surface area contributed by atoms with Crippen LogP contribution in [-0.4, -0.2) is 78.1 Å². The van der Waals surface area contributed by atoms with Gasteiger partial charge in [-0.2, -0.15) is 11.8 Å². The van der Waals surface area contributed by atoms with E-state index in [0.717, 1.165) is 31.9 Å². The quantitative estimate of drug-likeness (QED) is 0.0723. The number of halogens is 1. The van der Waals surface area contributed by atoms with Gasteiger partial charge >= 0.3 is 5.97 Å². The number of β-lactam (4-membered cyclic amide) rings is 1. The Labute approximate surface area is 235 Å². The van der Waals surface area contributed by atoms with Crippen LogP contribution in [0.5, 0.6) is 0 Å². The number of fused-ring (bicyclic) bond motifs is 1. The van der Waals surface area contributed by atoms with Crippen LogP contribution in [0.2, 0.25) is 4.34 Å². The van der Waals surface area contributed by atoms with E-state index in [1.807, 2.05) is 0 Å². The predicted octanol–water partition coefficient (Wildman–Crippen LogP) is 1.28. The van der Waals surface area contributed by atoms with Crippen LogP contribution in [0.3, 0.4) is 0 Å². The Balaban J connectivity index is 1.52. The van der Waals surface area contributed by atoms with Gasteiger partial charge in [-0.3, -0.25) is 14.5 Å². The number of nitrogens with two attached hydrogens (primary N) is 3. The molecule has 1 fully saturated rings. The van der Waals surface area contributed by atoms with Gasteiger partial charge in [0, 0.05) is 28.7 Å². The maximum Gasteiger partial charge on any atom is 0.353 e. The molecule has 37 heavy (non-hydrogen) atoms. The first-order valence-electron chi connectivity index (χ1n) is 10.2. The summed E-state index contributed by atoms with van der Waals surface area (Å²) in [5, 5.41) is 24.5. The van der Waals surface area contributed by atoms with Crippen LogP contribution in [0.1, 0.15) is 11.4 Å². The number of carboxylic acid groups (broad SMARTS) is 1. The fourth-order valence-electron chi connectivity index (χ4n) is 3.43. The molecule has 1 saturated heterocycles. The van der Waals surface area contributed by atoms with Crippen LogP contribution in [-0.2, 0) is 20.1 Å². The minimum absolute atomic E-state index is 0.0383. The molecule has 0 spiro atoms. The van der Waals surface area contributed by atoms with Gasteiger partial charge in [0.15, 0.2) is 16.0 Å². The Bertz CT molecular complexity index is 1310. The number of carboxylic acids is 1. The van der Waals surface area contributed by atoms with E-state index in [1.165, 1.54) is 34.9 Å². The summed E-state index contributed by atoms with van der Waals surface area (Å²) in [6.45, 7) is 0.518. The van der Waals surface area contributed by atoms with Gasteiger partial charge in [0.25, 0.3) is 11.8 Å². The number of thioether (sulfide) groups is 3. The molecule has 0 unspecified atom stereocenters. The highest BCUT2D eigenvalue weighted by molar-refractivity contribution is 8.07. The second kappa shape index (κ2) is 11.7. The average Bonchev–Trinajstić information content (AvgIpc) is 3.37. The van der Waals surface area contributed by atoms with E-state index >= 15 is 0 Å². The summed E-state index contributed by atoms with van der Waals surface area (Å²) in [6, 6.07) is -1.05. The van der Waals surface area contributed by atoms with Gasteiger partial charge in [-0.05, 0) is 0 Å². The standard InChI is InChI=1S/C18H19ClN8O5S5/c19-11-7(25-18(22)36-11)8(26-32)12(28)24-9-13(29)27-10(15(30)31)6(4-34-14(9)27)35-16-5(3-33-2-1-20)23-17(21)37-16/h9,14,32H,1-4,20H2,(H2,21,23)(H2,22,25)(H,24,28)(H,30,31)/b26-8-/t9-,14-/m1/s1. The van der Waals surface area contributed by atoms with Gasteiger partial charge in [0.1, 0.15) is 27.1 Å². The number of carbonyl (C=O) groups excluding carboxylic acids is 2. The molecule has 13 nitrogen and oxygen atoms in total. The second-order valence-corrected chi connectivity index (χ2v) is 13.5. The lowest BCUT2D eigenvalue weighted by Crippen LogP contribution is -2.71. The zero-order valence-corrected chi connectivity index (χ0v) is 23.4. The third-order valence-corrected chi connectivity index (χ3v) is 10.7. The Morgan fingerprint density at radius 2 is 2.00 bits per heavy atom. The summed E-state index contributed by atoms with van der Waals surface area (Å²) in [5.41, 5.74) is 16.9. The Hall–Kier alpha value is -2.22. The fraction of sp³-hybridized carbons (Fsp3) is 0.333. The zero-order valence-electron chi connectivity index (χ0n) is 18.5. The van der Waals surface area contributed by atoms with Crippen molar-refractivity contribution in [3.63, 3.8) is 0 Å². The summed E-state index contributed by atoms with van der Waals surface area (Å²) in [7, 11) is 0. The summed E-state index contributed by atoms with van der Waals surface area (Å²) in [6.07, 6.45) is 0. The number of oxime groups is 1. The number of thiazole rings is 2. The maximum atomic E-state index is 13.0. The van der Waals surface area contributed by atoms with E-state index in [4.69, 9.17) is 28.8 Å². The molecule has 2 aromatic heterocycles. The number of nitrogens with one attached hydrogen (secondary N) is 1. The molecule has 2 amide bonds. The molecule has 4 rings (SSSR count). The highest BCUT2D eigenvalue weighted by atomic mass is 35.5. The van der Waals surface area contributed by atoms with Crippen molar-refractivity contribution >= 4 is 103 Å². The zero-order chi connectivity index (χ0) is 26.9. The van der Waals surface area contributed by atoms with Gasteiger partial charge in [0.05, 0.1) is 9.90 Å². The first-order valence-corrected chi connectivity index (χ1v) is 15.3. The Kier molecular flexibility index (Phi) is 8.77. The van der Waals surface area contributed by atoms with Gasteiger partial charge < -0.3 is 32.8 Å². The molecule has 0 aromatic carbocycles. The molecule has 0 saturated carbocycles. The fourth-order valence-corrected chi connectivity index (χ4v) is 8.94. The first-order chi connectivity index (χ1) is 17.7. The average molecular weight is 623 g/mol. The number of hydrogen-bond acceptors (Lipinski definition) is 15. The lowest BCUT2D eigenvalue weighted by Gasteiger charge is -2.49. The second-order valence-electron chi connectivity index (χ2n) is 7.29. The topological polar surface area (TPSA) is 223 Å². The molecule has 2 atom stereocenters. The van der Waals surface area contributed by atoms with Crippen molar-refractivity contribution in [1.82, 2.24) is 20.2 Å². The highest BCUT2D eigenvalue weighted by Crippen LogP contribution is 2.47. The van der Waals surface area contributed by atoms with Crippen molar-refractivity contribution in [2.45, 2.75) is 21.4 Å². The normalized spacial score (nSPS) is 19.6. The molecule has 4 heterocycles. The molecular weight excluding hydrogens is 604 g/mol. The summed E-state index contributed by atoms with van der Waals surface area (Å²) >= 11 is 12.2. The van der Waals surface area contributed by atoms with E-state index in [2.05, 4.69) is 20.4 Å². The van der Waals surface area contributed by atoms with Crippen LogP contribution in [0.4, 0.5) is 10.3 Å². The number of aromatic nitrogens is 2. The van der Waals surface area contributed by atoms with Crippen molar-refractivity contribution < 1.29 is 24.7 Å². The van der Waals surface area contributed by atoms with Crippen LogP contribution in [0, 0.1) is 0 Å². The molecule has 2 aliphatic heterocycles. The number of nitrogen functional groups attached to an aromatic ring is 2.